The van der Waals surface area contributed by atoms with Crippen molar-refractivity contribution in [1.29, 1.82) is 0 Å². The molecule has 0 aliphatic carbocycles. The fraction of sp³-hybridized carbons (Fsp3) is 0.250. The van der Waals surface area contributed by atoms with E-state index in [0.717, 1.165) is 5.56 Å². The molecule has 0 saturated carbocycles. The lowest BCUT2D eigenvalue weighted by molar-refractivity contribution is -0.0174. The zero-order valence-electron chi connectivity index (χ0n) is 36.9. The molecule has 5 aromatic carbocycles. The largest absolute Gasteiger partial charge is 0.493 e. The molecule has 2 amide bonds. The molecular formula is C48H44F2N6O12. The van der Waals surface area contributed by atoms with Crippen LogP contribution in [0.1, 0.15) is 55.5 Å². The first-order chi connectivity index (χ1) is 33.0. The molecule has 9 rings (SSSR count). The number of aromatic hydroxyl groups is 2. The molecule has 7 aromatic rings. The summed E-state index contributed by atoms with van der Waals surface area (Å²) in [6, 6.07) is 20.1. The minimum atomic E-state index is -0.489. The second-order valence-electron chi connectivity index (χ2n) is 15.5. The van der Waals surface area contributed by atoms with E-state index in [0.29, 0.717) is 97.7 Å². The summed E-state index contributed by atoms with van der Waals surface area (Å²) in [4.78, 5) is 48.0. The number of rotatable bonds is 14. The van der Waals surface area contributed by atoms with E-state index in [1.54, 1.807) is 63.6 Å². The highest BCUT2D eigenvalue weighted by Gasteiger charge is 2.25. The number of aromatic nitrogens is 2. The van der Waals surface area contributed by atoms with Gasteiger partial charge in [-0.1, -0.05) is 6.07 Å². The summed E-state index contributed by atoms with van der Waals surface area (Å²) in [5, 5.41) is 33.6. The number of carbonyl (C=O) groups excluding carboxylic acids is 2. The third-order valence-corrected chi connectivity index (χ3v) is 11.4. The molecule has 4 heterocycles. The maximum atomic E-state index is 14.3. The quantitative estimate of drug-likeness (QED) is 0.0756. The number of ether oxygens (including phenoxy) is 6. The maximum absolute atomic E-state index is 14.3. The van der Waals surface area contributed by atoms with Gasteiger partial charge in [-0.2, -0.15) is 0 Å². The molecule has 0 saturated heterocycles. The average molecular weight is 935 g/mol. The lowest BCUT2D eigenvalue weighted by atomic mass is 10.1. The SMILES string of the molecule is CCNC(=O)c1ccc2c(N=O)c(O)n(Cc3cc(F)cc4c3OCOC4)c2c1.COc1ccc(CCNC(=O)c2ccc3c(N=O)c(O)n(Cc4cc(F)cc5c4OCOC5)c3c2)cc1OC. The number of nitrogens with zero attached hydrogens (tertiary/aromatic N) is 4. The van der Waals surface area contributed by atoms with E-state index in [-0.39, 0.29) is 69.0 Å². The lowest BCUT2D eigenvalue weighted by Gasteiger charge is -2.21. The highest BCUT2D eigenvalue weighted by molar-refractivity contribution is 6.03. The van der Waals surface area contributed by atoms with Crippen LogP contribution in [0.15, 0.2) is 89.2 Å². The van der Waals surface area contributed by atoms with Crippen molar-refractivity contribution < 1.29 is 57.0 Å². The molecular weight excluding hydrogens is 891 g/mol. The Balaban J connectivity index is 0.000000192. The van der Waals surface area contributed by atoms with Crippen molar-refractivity contribution in [2.24, 2.45) is 10.4 Å². The van der Waals surface area contributed by atoms with Gasteiger partial charge in [-0.05, 0) is 102 Å². The molecule has 0 atom stereocenters. The monoisotopic (exact) mass is 934 g/mol. The van der Waals surface area contributed by atoms with Crippen LogP contribution < -0.4 is 29.6 Å². The Bertz CT molecular complexity index is 3100. The predicted molar refractivity (Wildman–Crippen MR) is 243 cm³/mol. The van der Waals surface area contributed by atoms with E-state index in [1.807, 2.05) is 12.1 Å². The molecule has 2 aliphatic rings. The summed E-state index contributed by atoms with van der Waals surface area (Å²) in [5.41, 5.74) is 4.14. The number of benzene rings is 5. The molecule has 20 heteroatoms. The van der Waals surface area contributed by atoms with Crippen LogP contribution in [0.5, 0.6) is 34.8 Å². The van der Waals surface area contributed by atoms with Crippen LogP contribution in [-0.4, -0.2) is 72.1 Å². The van der Waals surface area contributed by atoms with Gasteiger partial charge in [0.05, 0.1) is 51.6 Å². The molecule has 0 bridgehead atoms. The smallest absolute Gasteiger partial charge is 0.251 e. The van der Waals surface area contributed by atoms with Crippen LogP contribution in [0, 0.1) is 21.4 Å². The van der Waals surface area contributed by atoms with Gasteiger partial charge in [0, 0.05) is 57.2 Å². The highest BCUT2D eigenvalue weighted by atomic mass is 19.1. The number of fused-ring (bicyclic) bond motifs is 4. The fourth-order valence-corrected chi connectivity index (χ4v) is 8.23. The van der Waals surface area contributed by atoms with Crippen LogP contribution >= 0.6 is 0 Å². The molecule has 2 aliphatic heterocycles. The van der Waals surface area contributed by atoms with Crippen molar-refractivity contribution in [2.45, 2.75) is 39.6 Å². The minimum Gasteiger partial charge on any atom is -0.493 e. The Kier molecular flexibility index (Phi) is 13.8. The van der Waals surface area contributed by atoms with Crippen LogP contribution in [0.4, 0.5) is 20.2 Å². The average Bonchev–Trinajstić information content (AvgIpc) is 3.77. The van der Waals surface area contributed by atoms with Gasteiger partial charge in [-0.25, -0.2) is 8.78 Å². The van der Waals surface area contributed by atoms with E-state index in [2.05, 4.69) is 21.0 Å². The second kappa shape index (κ2) is 20.2. The van der Waals surface area contributed by atoms with Crippen molar-refractivity contribution in [3.05, 3.63) is 139 Å². The molecule has 352 valence electrons. The van der Waals surface area contributed by atoms with Gasteiger partial charge >= 0.3 is 0 Å². The zero-order chi connectivity index (χ0) is 48.1. The second-order valence-corrected chi connectivity index (χ2v) is 15.5. The van der Waals surface area contributed by atoms with Gasteiger partial charge in [0.2, 0.25) is 11.8 Å². The lowest BCUT2D eigenvalue weighted by Crippen LogP contribution is -2.25. The van der Waals surface area contributed by atoms with Crippen LogP contribution in [0.3, 0.4) is 0 Å². The number of amides is 2. The summed E-state index contributed by atoms with van der Waals surface area (Å²) < 4.78 is 63.3. The van der Waals surface area contributed by atoms with Gasteiger partial charge in [0.15, 0.2) is 36.5 Å². The number of methoxy groups -OCH3 is 2. The summed E-state index contributed by atoms with van der Waals surface area (Å²) in [7, 11) is 3.12. The molecule has 0 fully saturated rings. The summed E-state index contributed by atoms with van der Waals surface area (Å²) in [5.74, 6) is -0.202. The Labute approximate surface area is 385 Å². The fourth-order valence-electron chi connectivity index (χ4n) is 8.23. The van der Waals surface area contributed by atoms with Crippen molar-refractivity contribution in [1.82, 2.24) is 19.8 Å². The van der Waals surface area contributed by atoms with Crippen LogP contribution in [0.2, 0.25) is 0 Å². The molecule has 0 radical (unpaired) electrons. The van der Waals surface area contributed by atoms with Gasteiger partial charge < -0.3 is 58.4 Å². The summed E-state index contributed by atoms with van der Waals surface area (Å²) in [6.45, 7) is 3.04. The van der Waals surface area contributed by atoms with Gasteiger partial charge in [0.1, 0.15) is 23.1 Å². The van der Waals surface area contributed by atoms with E-state index in [9.17, 15) is 38.4 Å². The number of halogens is 2. The standard InChI is InChI=1S/C28H26FN3O7.C20H18FN3O5/c1-36-23-6-3-16(9-24(23)37-2)7-8-30-27(33)17-4-5-21-22(12-17)32(28(34)25(21)31-35)13-18-10-20(29)11-19-14-38-15-39-26(18)19;1-2-22-19(25)11-3-4-15-16(7-11)24(20(26)17(15)23-27)8-12-5-14(21)6-13-9-28-10-29-18(12)13/h3-6,9-12,34H,7-8,13-15H2,1-2H3,(H,30,33);3-7,26H,2,8-10H2,1H3,(H,22,25). The summed E-state index contributed by atoms with van der Waals surface area (Å²) >= 11 is 0. The number of nitroso groups, excluding NO2 is 2. The van der Waals surface area contributed by atoms with Crippen LogP contribution in [0.25, 0.3) is 21.8 Å². The van der Waals surface area contributed by atoms with Crippen molar-refractivity contribution in [3.63, 3.8) is 0 Å². The number of carbonyl (C=O) groups is 2. The van der Waals surface area contributed by atoms with Crippen molar-refractivity contribution in [3.8, 4) is 34.8 Å². The van der Waals surface area contributed by atoms with E-state index >= 15 is 0 Å². The number of hydrogen-bond acceptors (Lipinski definition) is 14. The molecule has 0 spiro atoms. The molecule has 68 heavy (non-hydrogen) atoms. The number of hydrogen-bond donors (Lipinski definition) is 4. The number of nitrogens with one attached hydrogen (secondary N) is 2. The van der Waals surface area contributed by atoms with Crippen molar-refractivity contribution >= 4 is 45.0 Å². The Morgan fingerprint density at radius 2 is 1.18 bits per heavy atom. The molecule has 4 N–H and O–H groups in total. The first kappa shape index (κ1) is 46.4. The Morgan fingerprint density at radius 1 is 0.676 bits per heavy atom. The zero-order valence-corrected chi connectivity index (χ0v) is 36.9. The van der Waals surface area contributed by atoms with Crippen molar-refractivity contribution in [2.75, 3.05) is 40.9 Å². The predicted octanol–water partition coefficient (Wildman–Crippen LogP) is 8.34. The van der Waals surface area contributed by atoms with E-state index < -0.39 is 17.5 Å². The minimum absolute atomic E-state index is 0.0107. The van der Waals surface area contributed by atoms with Gasteiger partial charge in [-0.3, -0.25) is 9.59 Å². The molecule has 2 aromatic heterocycles. The normalized spacial score (nSPS) is 12.7. The van der Waals surface area contributed by atoms with E-state index in [4.69, 9.17) is 28.4 Å². The Morgan fingerprint density at radius 3 is 1.65 bits per heavy atom. The van der Waals surface area contributed by atoms with Crippen LogP contribution in [-0.2, 0) is 42.2 Å². The summed E-state index contributed by atoms with van der Waals surface area (Å²) in [6.07, 6.45) is 0.555. The van der Waals surface area contributed by atoms with E-state index in [1.165, 1.54) is 33.4 Å². The van der Waals surface area contributed by atoms with Gasteiger partial charge in [0.25, 0.3) is 11.8 Å². The first-order valence-corrected chi connectivity index (χ1v) is 21.1. The first-order valence-electron chi connectivity index (χ1n) is 21.1. The van der Waals surface area contributed by atoms with Gasteiger partial charge in [-0.15, -0.1) is 9.81 Å². The Hall–Kier alpha value is -8.10. The third kappa shape index (κ3) is 9.31. The topological polar surface area (TPSA) is 223 Å². The molecule has 18 nitrogen and oxygen atoms in total. The highest BCUT2D eigenvalue weighted by Crippen LogP contribution is 2.42. The molecule has 0 unspecified atom stereocenters. The third-order valence-electron chi connectivity index (χ3n) is 11.4. The maximum Gasteiger partial charge on any atom is 0.251 e.